The standard InChI is InChI=1S/C45H32S/c1-45(2)41-20-7-6-15-37(41)38-26-25-34(28-42(38)45)36-17-10-19-40-39-18-9-16-35(43(39)46-44(36)40)33-14-8-13-32(27-33)31-23-21-30(22-24-31)29-11-4-3-5-12-29/h3-28H,1-2H3. The fourth-order valence-corrected chi connectivity index (χ4v) is 8.87. The smallest absolute Gasteiger partial charge is 0.0434 e. The van der Waals surface area contributed by atoms with E-state index in [1.165, 1.54) is 86.9 Å². The molecule has 0 atom stereocenters. The second-order valence-corrected chi connectivity index (χ2v) is 13.9. The van der Waals surface area contributed by atoms with Crippen molar-refractivity contribution >= 4 is 31.5 Å². The molecule has 0 bridgehead atoms. The van der Waals surface area contributed by atoms with Gasteiger partial charge in [-0.05, 0) is 78.9 Å². The van der Waals surface area contributed by atoms with Crippen molar-refractivity contribution in [3.8, 4) is 55.6 Å². The van der Waals surface area contributed by atoms with Gasteiger partial charge < -0.3 is 0 Å². The van der Waals surface area contributed by atoms with Gasteiger partial charge >= 0.3 is 0 Å². The van der Waals surface area contributed by atoms with Crippen LogP contribution in [0.5, 0.6) is 0 Å². The monoisotopic (exact) mass is 604 g/mol. The van der Waals surface area contributed by atoms with Crippen molar-refractivity contribution in [1.29, 1.82) is 0 Å². The Morgan fingerprint density at radius 2 is 0.826 bits per heavy atom. The lowest BCUT2D eigenvalue weighted by molar-refractivity contribution is 0.660. The molecule has 0 fully saturated rings. The molecular formula is C45H32S. The predicted octanol–water partition coefficient (Wildman–Crippen LogP) is 13.0. The van der Waals surface area contributed by atoms with Gasteiger partial charge in [0.25, 0.3) is 0 Å². The van der Waals surface area contributed by atoms with Crippen LogP contribution in [0.4, 0.5) is 0 Å². The van der Waals surface area contributed by atoms with Gasteiger partial charge in [-0.25, -0.2) is 0 Å². The van der Waals surface area contributed by atoms with Crippen molar-refractivity contribution in [1.82, 2.24) is 0 Å². The summed E-state index contributed by atoms with van der Waals surface area (Å²) in [6.45, 7) is 4.72. The number of hydrogen-bond acceptors (Lipinski definition) is 1. The SMILES string of the molecule is CC1(C)c2ccccc2-c2ccc(-c3cccc4c3sc3c(-c5cccc(-c6ccc(-c7ccccc7)cc6)c5)cccc34)cc21. The summed E-state index contributed by atoms with van der Waals surface area (Å²) >= 11 is 1.93. The molecule has 7 aromatic carbocycles. The van der Waals surface area contributed by atoms with E-state index in [-0.39, 0.29) is 5.41 Å². The maximum atomic E-state index is 2.45. The highest BCUT2D eigenvalue weighted by molar-refractivity contribution is 7.26. The van der Waals surface area contributed by atoms with E-state index in [0.29, 0.717) is 0 Å². The Morgan fingerprint density at radius 1 is 0.348 bits per heavy atom. The summed E-state index contributed by atoms with van der Waals surface area (Å²) in [4.78, 5) is 0. The molecule has 0 nitrogen and oxygen atoms in total. The van der Waals surface area contributed by atoms with Gasteiger partial charge in [-0.2, -0.15) is 0 Å². The second-order valence-electron chi connectivity index (χ2n) is 12.9. The summed E-state index contributed by atoms with van der Waals surface area (Å²) in [7, 11) is 0. The second kappa shape index (κ2) is 10.4. The molecule has 0 spiro atoms. The average molecular weight is 605 g/mol. The summed E-state index contributed by atoms with van der Waals surface area (Å²) in [5, 5.41) is 2.65. The lowest BCUT2D eigenvalue weighted by atomic mass is 9.81. The molecule has 8 aromatic rings. The Hall–Kier alpha value is -5.24. The molecule has 218 valence electrons. The molecule has 0 radical (unpaired) electrons. The van der Waals surface area contributed by atoms with Crippen LogP contribution in [0.15, 0.2) is 158 Å². The van der Waals surface area contributed by atoms with Gasteiger partial charge in [0.05, 0.1) is 0 Å². The van der Waals surface area contributed by atoms with Gasteiger partial charge in [-0.3, -0.25) is 0 Å². The van der Waals surface area contributed by atoms with Crippen molar-refractivity contribution in [2.45, 2.75) is 19.3 Å². The van der Waals surface area contributed by atoms with Gasteiger partial charge in [-0.1, -0.05) is 159 Å². The normalized spacial score (nSPS) is 13.2. The molecular weight excluding hydrogens is 573 g/mol. The zero-order valence-corrected chi connectivity index (χ0v) is 26.7. The van der Waals surface area contributed by atoms with Crippen molar-refractivity contribution in [3.05, 3.63) is 169 Å². The van der Waals surface area contributed by atoms with Crippen LogP contribution in [-0.2, 0) is 5.41 Å². The van der Waals surface area contributed by atoms with Gasteiger partial charge in [-0.15, -0.1) is 11.3 Å². The third-order valence-corrected chi connectivity index (χ3v) is 11.2. The maximum absolute atomic E-state index is 2.45. The molecule has 1 heteroatoms. The zero-order chi connectivity index (χ0) is 30.8. The third kappa shape index (κ3) is 4.20. The lowest BCUT2D eigenvalue weighted by Gasteiger charge is -2.22. The van der Waals surface area contributed by atoms with E-state index >= 15 is 0 Å². The van der Waals surface area contributed by atoms with E-state index in [2.05, 4.69) is 172 Å². The number of hydrogen-bond donors (Lipinski definition) is 0. The van der Waals surface area contributed by atoms with Gasteiger partial charge in [0.2, 0.25) is 0 Å². The minimum absolute atomic E-state index is 0.0178. The molecule has 0 unspecified atom stereocenters. The third-order valence-electron chi connectivity index (χ3n) is 9.92. The highest BCUT2D eigenvalue weighted by Crippen LogP contribution is 2.51. The molecule has 1 heterocycles. The Kier molecular flexibility index (Phi) is 6.13. The molecule has 0 saturated carbocycles. The van der Waals surface area contributed by atoms with Crippen LogP contribution in [0.3, 0.4) is 0 Å². The van der Waals surface area contributed by atoms with Gasteiger partial charge in [0, 0.05) is 25.6 Å². The van der Waals surface area contributed by atoms with Crippen LogP contribution in [0.25, 0.3) is 75.8 Å². The lowest BCUT2D eigenvalue weighted by Crippen LogP contribution is -2.14. The van der Waals surface area contributed by atoms with Gasteiger partial charge in [0.1, 0.15) is 0 Å². The fourth-order valence-electron chi connectivity index (χ4n) is 7.50. The topological polar surface area (TPSA) is 0 Å². The first kappa shape index (κ1) is 27.1. The van der Waals surface area contributed by atoms with E-state index in [1.54, 1.807) is 0 Å². The van der Waals surface area contributed by atoms with Crippen LogP contribution in [0.1, 0.15) is 25.0 Å². The fraction of sp³-hybridized carbons (Fsp3) is 0.0667. The summed E-state index contributed by atoms with van der Waals surface area (Å²) < 4.78 is 2.70. The number of thiophene rings is 1. The van der Waals surface area contributed by atoms with E-state index < -0.39 is 0 Å². The quantitative estimate of drug-likeness (QED) is 0.187. The van der Waals surface area contributed by atoms with Crippen molar-refractivity contribution in [2.75, 3.05) is 0 Å². The van der Waals surface area contributed by atoms with Crippen molar-refractivity contribution in [2.24, 2.45) is 0 Å². The van der Waals surface area contributed by atoms with E-state index in [0.717, 1.165) is 0 Å². The van der Waals surface area contributed by atoms with Gasteiger partial charge in [0.15, 0.2) is 0 Å². The van der Waals surface area contributed by atoms with E-state index in [4.69, 9.17) is 0 Å². The Balaban J connectivity index is 1.13. The predicted molar refractivity (Wildman–Crippen MR) is 199 cm³/mol. The molecule has 0 aliphatic heterocycles. The molecule has 1 aliphatic rings. The Morgan fingerprint density at radius 3 is 1.54 bits per heavy atom. The van der Waals surface area contributed by atoms with Crippen LogP contribution in [0, 0.1) is 0 Å². The van der Waals surface area contributed by atoms with Crippen LogP contribution < -0.4 is 0 Å². The summed E-state index contributed by atoms with van der Waals surface area (Å²) in [5.41, 5.74) is 15.6. The van der Waals surface area contributed by atoms with Crippen molar-refractivity contribution < 1.29 is 0 Å². The number of benzene rings is 7. The molecule has 0 N–H and O–H groups in total. The highest BCUT2D eigenvalue weighted by Gasteiger charge is 2.35. The minimum atomic E-state index is -0.0178. The number of rotatable bonds is 4. The maximum Gasteiger partial charge on any atom is 0.0434 e. The van der Waals surface area contributed by atoms with Crippen LogP contribution in [-0.4, -0.2) is 0 Å². The first-order chi connectivity index (χ1) is 22.6. The minimum Gasteiger partial charge on any atom is -0.134 e. The molecule has 0 saturated heterocycles. The Labute approximate surface area is 274 Å². The Bertz CT molecular complexity index is 2420. The molecule has 0 amide bonds. The van der Waals surface area contributed by atoms with Crippen molar-refractivity contribution in [3.63, 3.8) is 0 Å². The van der Waals surface area contributed by atoms with E-state index in [1.807, 2.05) is 11.3 Å². The van der Waals surface area contributed by atoms with E-state index in [9.17, 15) is 0 Å². The molecule has 1 aromatic heterocycles. The summed E-state index contributed by atoms with van der Waals surface area (Å²) in [6, 6.07) is 58.1. The summed E-state index contributed by atoms with van der Waals surface area (Å²) in [6.07, 6.45) is 0. The van der Waals surface area contributed by atoms with Crippen LogP contribution >= 0.6 is 11.3 Å². The molecule has 1 aliphatic carbocycles. The molecule has 46 heavy (non-hydrogen) atoms. The first-order valence-electron chi connectivity index (χ1n) is 16.0. The first-order valence-corrected chi connectivity index (χ1v) is 16.8. The summed E-state index contributed by atoms with van der Waals surface area (Å²) in [5.74, 6) is 0. The van der Waals surface area contributed by atoms with Crippen LogP contribution in [0.2, 0.25) is 0 Å². The highest BCUT2D eigenvalue weighted by atomic mass is 32.1. The zero-order valence-electron chi connectivity index (χ0n) is 25.9. The number of fused-ring (bicyclic) bond motifs is 6. The average Bonchev–Trinajstić information content (AvgIpc) is 3.61. The largest absolute Gasteiger partial charge is 0.134 e. The molecule has 9 rings (SSSR count).